The van der Waals surface area contributed by atoms with E-state index in [2.05, 4.69) is 0 Å². The molecular weight excluding hydrogens is 471 g/mol. The maximum Gasteiger partial charge on any atom is 0.416 e. The Kier molecular flexibility index (Phi) is 8.97. The van der Waals surface area contributed by atoms with Crippen molar-refractivity contribution < 1.29 is 42.3 Å². The minimum Gasteiger partial charge on any atom is -0.465 e. The number of nitro groups is 1. The SMILES string of the molecule is CCOC(=O)C(C)(CC(c1ccccc1[N+](=O)[O-])C(O)c1ccc(C(F)(F)F)cc1)C(=O)OCC. The third kappa shape index (κ3) is 6.36. The number of rotatable bonds is 10. The molecule has 0 amide bonds. The maximum atomic E-state index is 13.0. The van der Waals surface area contributed by atoms with Crippen LogP contribution in [0, 0.1) is 15.5 Å². The second kappa shape index (κ2) is 11.3. The molecule has 2 rings (SSSR count). The van der Waals surface area contributed by atoms with Gasteiger partial charge in [0.15, 0.2) is 5.41 Å². The second-order valence-electron chi connectivity index (χ2n) is 7.96. The van der Waals surface area contributed by atoms with Gasteiger partial charge in [0.05, 0.1) is 29.8 Å². The van der Waals surface area contributed by atoms with Gasteiger partial charge in [0, 0.05) is 17.5 Å². The zero-order valence-corrected chi connectivity index (χ0v) is 19.4. The largest absolute Gasteiger partial charge is 0.465 e. The van der Waals surface area contributed by atoms with E-state index in [1.54, 1.807) is 0 Å². The molecule has 11 heteroatoms. The fourth-order valence-corrected chi connectivity index (χ4v) is 3.73. The van der Waals surface area contributed by atoms with Crippen LogP contribution >= 0.6 is 0 Å². The number of carbonyl (C=O) groups excluding carboxylic acids is 2. The molecule has 0 aromatic heterocycles. The van der Waals surface area contributed by atoms with Crippen LogP contribution in [-0.2, 0) is 25.2 Å². The molecule has 0 aliphatic heterocycles. The van der Waals surface area contributed by atoms with Crippen LogP contribution in [0.4, 0.5) is 18.9 Å². The number of carbonyl (C=O) groups is 2. The van der Waals surface area contributed by atoms with Crippen molar-refractivity contribution in [2.45, 2.75) is 45.4 Å². The Morgan fingerprint density at radius 1 is 1.00 bits per heavy atom. The van der Waals surface area contributed by atoms with Crippen molar-refractivity contribution in [2.75, 3.05) is 13.2 Å². The Morgan fingerprint density at radius 3 is 1.97 bits per heavy atom. The third-order valence-corrected chi connectivity index (χ3v) is 5.57. The van der Waals surface area contributed by atoms with E-state index in [1.165, 1.54) is 45.0 Å². The average molecular weight is 497 g/mol. The summed E-state index contributed by atoms with van der Waals surface area (Å²) in [6.45, 7) is 4.17. The van der Waals surface area contributed by atoms with E-state index in [0.717, 1.165) is 24.3 Å². The van der Waals surface area contributed by atoms with E-state index in [0.29, 0.717) is 0 Å². The van der Waals surface area contributed by atoms with Crippen LogP contribution in [0.2, 0.25) is 0 Å². The number of hydrogen-bond acceptors (Lipinski definition) is 7. The standard InChI is InChI=1S/C24H26F3NO7/c1-4-34-21(30)23(3,22(31)35-5-2)14-18(17-8-6-7-9-19(17)28(32)33)20(29)15-10-12-16(13-11-15)24(25,26)27/h6-13,18,20,29H,4-5,14H2,1-3H3. The van der Waals surface area contributed by atoms with Crippen molar-refractivity contribution in [2.24, 2.45) is 5.41 Å². The van der Waals surface area contributed by atoms with Crippen LogP contribution in [0.25, 0.3) is 0 Å². The lowest BCUT2D eigenvalue weighted by Gasteiger charge is -2.32. The van der Waals surface area contributed by atoms with Gasteiger partial charge in [-0.1, -0.05) is 30.3 Å². The predicted octanol–water partition coefficient (Wildman–Crippen LogP) is 4.95. The summed E-state index contributed by atoms with van der Waals surface area (Å²) in [4.78, 5) is 36.6. The summed E-state index contributed by atoms with van der Waals surface area (Å²) in [5.74, 6) is -3.17. The summed E-state index contributed by atoms with van der Waals surface area (Å²) in [7, 11) is 0. The van der Waals surface area contributed by atoms with E-state index in [1.807, 2.05) is 0 Å². The average Bonchev–Trinajstić information content (AvgIpc) is 2.81. The molecule has 0 saturated heterocycles. The molecule has 0 heterocycles. The van der Waals surface area contributed by atoms with Gasteiger partial charge in [0.25, 0.3) is 5.69 Å². The normalized spacial score (nSPS) is 13.6. The molecule has 0 aliphatic carbocycles. The smallest absolute Gasteiger partial charge is 0.416 e. The van der Waals surface area contributed by atoms with Gasteiger partial charge in [-0.25, -0.2) is 0 Å². The fraction of sp³-hybridized carbons (Fsp3) is 0.417. The van der Waals surface area contributed by atoms with Crippen LogP contribution in [-0.4, -0.2) is 35.2 Å². The number of benzene rings is 2. The maximum absolute atomic E-state index is 13.0. The van der Waals surface area contributed by atoms with Gasteiger partial charge in [0.1, 0.15) is 0 Å². The molecule has 0 bridgehead atoms. The number of aliphatic hydroxyl groups excluding tert-OH is 1. The number of ether oxygens (including phenoxy) is 2. The zero-order valence-electron chi connectivity index (χ0n) is 19.4. The van der Waals surface area contributed by atoms with Crippen molar-refractivity contribution >= 4 is 17.6 Å². The van der Waals surface area contributed by atoms with Crippen LogP contribution in [0.1, 0.15) is 55.9 Å². The first-order chi connectivity index (χ1) is 16.4. The minimum atomic E-state index is -4.60. The van der Waals surface area contributed by atoms with Crippen molar-refractivity contribution in [3.05, 3.63) is 75.3 Å². The van der Waals surface area contributed by atoms with Crippen LogP contribution < -0.4 is 0 Å². The first-order valence-electron chi connectivity index (χ1n) is 10.8. The van der Waals surface area contributed by atoms with E-state index in [9.17, 15) is 38.0 Å². The van der Waals surface area contributed by atoms with Crippen molar-refractivity contribution in [1.82, 2.24) is 0 Å². The Bertz CT molecular complexity index is 1040. The highest BCUT2D eigenvalue weighted by Gasteiger charge is 2.48. The van der Waals surface area contributed by atoms with Crippen LogP contribution in [0.5, 0.6) is 0 Å². The predicted molar refractivity (Wildman–Crippen MR) is 118 cm³/mol. The fourth-order valence-electron chi connectivity index (χ4n) is 3.73. The summed E-state index contributed by atoms with van der Waals surface area (Å²) in [5.41, 5.74) is -3.30. The highest BCUT2D eigenvalue weighted by atomic mass is 19.4. The summed E-state index contributed by atoms with van der Waals surface area (Å²) in [6, 6.07) is 9.04. The molecule has 2 aromatic rings. The molecule has 2 unspecified atom stereocenters. The number of aliphatic hydroxyl groups is 1. The van der Waals surface area contributed by atoms with Gasteiger partial charge in [-0.3, -0.25) is 19.7 Å². The Labute approximate surface area is 199 Å². The van der Waals surface area contributed by atoms with Crippen LogP contribution in [0.15, 0.2) is 48.5 Å². The number of hydrogen-bond donors (Lipinski definition) is 1. The number of halogens is 3. The lowest BCUT2D eigenvalue weighted by Crippen LogP contribution is -2.41. The molecule has 0 saturated carbocycles. The van der Waals surface area contributed by atoms with Gasteiger partial charge in [-0.2, -0.15) is 13.2 Å². The Balaban J connectivity index is 2.64. The van der Waals surface area contributed by atoms with E-state index < -0.39 is 58.1 Å². The van der Waals surface area contributed by atoms with E-state index in [4.69, 9.17) is 9.47 Å². The molecule has 0 radical (unpaired) electrons. The number of alkyl halides is 3. The third-order valence-electron chi connectivity index (χ3n) is 5.57. The minimum absolute atomic E-state index is 0.00952. The zero-order chi connectivity index (χ0) is 26.4. The number of esters is 2. The molecule has 35 heavy (non-hydrogen) atoms. The van der Waals surface area contributed by atoms with E-state index >= 15 is 0 Å². The van der Waals surface area contributed by atoms with Gasteiger partial charge in [0.2, 0.25) is 0 Å². The molecule has 0 aliphatic rings. The molecule has 0 spiro atoms. The highest BCUT2D eigenvalue weighted by molar-refractivity contribution is 5.99. The molecule has 0 fully saturated rings. The molecular formula is C24H26F3NO7. The lowest BCUT2D eigenvalue weighted by molar-refractivity contribution is -0.385. The summed E-state index contributed by atoms with van der Waals surface area (Å²) < 4.78 is 49.1. The quantitative estimate of drug-likeness (QED) is 0.214. The van der Waals surface area contributed by atoms with Crippen molar-refractivity contribution in [3.63, 3.8) is 0 Å². The topological polar surface area (TPSA) is 116 Å². The van der Waals surface area contributed by atoms with Gasteiger partial charge in [-0.15, -0.1) is 0 Å². The van der Waals surface area contributed by atoms with Crippen LogP contribution in [0.3, 0.4) is 0 Å². The van der Waals surface area contributed by atoms with Crippen molar-refractivity contribution in [1.29, 1.82) is 0 Å². The van der Waals surface area contributed by atoms with E-state index in [-0.39, 0.29) is 24.3 Å². The molecule has 8 nitrogen and oxygen atoms in total. The Morgan fingerprint density at radius 2 is 1.51 bits per heavy atom. The second-order valence-corrected chi connectivity index (χ2v) is 7.96. The lowest BCUT2D eigenvalue weighted by atomic mass is 9.74. The van der Waals surface area contributed by atoms with Gasteiger partial charge >= 0.3 is 18.1 Å². The number of nitro benzene ring substituents is 1. The first kappa shape index (κ1) is 27.8. The highest BCUT2D eigenvalue weighted by Crippen LogP contribution is 2.44. The summed E-state index contributed by atoms with van der Waals surface area (Å²) in [6.07, 6.45) is -6.69. The monoisotopic (exact) mass is 497 g/mol. The number of nitrogens with zero attached hydrogens (tertiary/aromatic N) is 1. The van der Waals surface area contributed by atoms with Gasteiger partial charge in [-0.05, 0) is 44.9 Å². The van der Waals surface area contributed by atoms with Crippen molar-refractivity contribution in [3.8, 4) is 0 Å². The molecule has 1 N–H and O–H groups in total. The summed E-state index contributed by atoms with van der Waals surface area (Å²) in [5, 5.41) is 22.9. The Hall–Kier alpha value is -3.47. The number of para-hydroxylation sites is 1. The molecule has 190 valence electrons. The summed E-state index contributed by atoms with van der Waals surface area (Å²) >= 11 is 0. The molecule has 2 aromatic carbocycles. The van der Waals surface area contributed by atoms with Gasteiger partial charge < -0.3 is 14.6 Å². The first-order valence-corrected chi connectivity index (χ1v) is 10.8. The molecule has 2 atom stereocenters.